The van der Waals surface area contributed by atoms with Crippen LogP contribution >= 0.6 is 11.6 Å². The fourth-order valence-electron chi connectivity index (χ4n) is 1.76. The van der Waals surface area contributed by atoms with Gasteiger partial charge in [0, 0.05) is 18.5 Å². The molecule has 9 heteroatoms. The molecule has 0 saturated carbocycles. The van der Waals surface area contributed by atoms with Crippen molar-refractivity contribution >= 4 is 23.2 Å². The number of hydrogen-bond acceptors (Lipinski definition) is 5. The Morgan fingerprint density at radius 3 is 2.90 bits per heavy atom. The van der Waals surface area contributed by atoms with Crippen LogP contribution in [0.15, 0.2) is 24.7 Å². The fourth-order valence-corrected chi connectivity index (χ4v) is 1.95. The van der Waals surface area contributed by atoms with E-state index in [1.165, 1.54) is 0 Å². The minimum absolute atomic E-state index is 0.0455. The van der Waals surface area contributed by atoms with Crippen molar-refractivity contribution in [3.05, 3.63) is 51.3 Å². The molecule has 2 aromatic heterocycles. The van der Waals surface area contributed by atoms with E-state index in [2.05, 4.69) is 20.3 Å². The van der Waals surface area contributed by atoms with Crippen molar-refractivity contribution in [3.8, 4) is 0 Å². The summed E-state index contributed by atoms with van der Waals surface area (Å²) in [6, 6.07) is 0.752. The van der Waals surface area contributed by atoms with E-state index >= 15 is 0 Å². The zero-order valence-electron chi connectivity index (χ0n) is 11.0. The molecule has 0 aliphatic heterocycles. The fraction of sp³-hybridized carbons (Fsp3) is 0.250. The number of carbonyl (C=O) groups is 1. The molecule has 0 radical (unpaired) electrons. The van der Waals surface area contributed by atoms with Gasteiger partial charge in [-0.3, -0.25) is 14.9 Å². The van der Waals surface area contributed by atoms with Gasteiger partial charge < -0.3 is 10.3 Å². The van der Waals surface area contributed by atoms with Gasteiger partial charge in [-0.25, -0.2) is 9.97 Å². The van der Waals surface area contributed by atoms with Crippen molar-refractivity contribution in [2.24, 2.45) is 0 Å². The number of carbonyl (C=O) groups excluding carboxylic acids is 1. The van der Waals surface area contributed by atoms with Gasteiger partial charge in [0.2, 0.25) is 0 Å². The predicted octanol–water partition coefficient (Wildman–Crippen LogP) is 2.25. The predicted molar refractivity (Wildman–Crippen MR) is 75.0 cm³/mol. The van der Waals surface area contributed by atoms with Gasteiger partial charge in [0.1, 0.15) is 17.2 Å². The molecule has 110 valence electrons. The second-order valence-electron chi connectivity index (χ2n) is 4.20. The van der Waals surface area contributed by atoms with Crippen LogP contribution in [0.3, 0.4) is 0 Å². The normalized spacial score (nSPS) is 11.9. The van der Waals surface area contributed by atoms with Crippen LogP contribution in [-0.4, -0.2) is 25.8 Å². The second kappa shape index (κ2) is 6.31. The first-order chi connectivity index (χ1) is 10.0. The molecule has 0 bridgehead atoms. The molecule has 2 rings (SSSR count). The number of nitrogens with one attached hydrogen (secondary N) is 2. The van der Waals surface area contributed by atoms with Gasteiger partial charge in [0.15, 0.2) is 0 Å². The number of rotatable bonds is 5. The van der Waals surface area contributed by atoms with Crippen molar-refractivity contribution < 1.29 is 9.72 Å². The lowest BCUT2D eigenvalue weighted by atomic mass is 10.2. The van der Waals surface area contributed by atoms with Gasteiger partial charge in [-0.2, -0.15) is 0 Å². The summed E-state index contributed by atoms with van der Waals surface area (Å²) in [6.45, 7) is 1.88. The molecule has 0 saturated heterocycles. The number of halogens is 1. The van der Waals surface area contributed by atoms with E-state index in [1.54, 1.807) is 12.4 Å². The summed E-state index contributed by atoms with van der Waals surface area (Å²) in [6.07, 6.45) is 4.82. The standard InChI is InChI=1S/C12H12ClN5O3/c1-2-9(11-14-3-4-15-11)17-12(19)8-5-7(18(20)21)6-16-10(8)13/h3-6,9H,2H2,1H3,(H,14,15)(H,17,19). The molecule has 21 heavy (non-hydrogen) atoms. The Hall–Kier alpha value is -2.48. The summed E-state index contributed by atoms with van der Waals surface area (Å²) in [4.78, 5) is 32.9. The molecule has 0 aliphatic carbocycles. The van der Waals surface area contributed by atoms with Gasteiger partial charge in [0.25, 0.3) is 11.6 Å². The molecule has 0 fully saturated rings. The van der Waals surface area contributed by atoms with Crippen LogP contribution in [-0.2, 0) is 0 Å². The topological polar surface area (TPSA) is 114 Å². The number of nitro groups is 1. The number of imidazole rings is 1. The SMILES string of the molecule is CCC(NC(=O)c1cc([N+](=O)[O-])cnc1Cl)c1ncc[nH]1. The summed E-state index contributed by atoms with van der Waals surface area (Å²) in [5, 5.41) is 13.4. The summed E-state index contributed by atoms with van der Waals surface area (Å²) in [5.41, 5.74) is -0.341. The number of aromatic amines is 1. The van der Waals surface area contributed by atoms with Crippen LogP contribution in [0.4, 0.5) is 5.69 Å². The first-order valence-corrected chi connectivity index (χ1v) is 6.50. The number of hydrogen-bond donors (Lipinski definition) is 2. The summed E-state index contributed by atoms with van der Waals surface area (Å²) in [7, 11) is 0. The Morgan fingerprint density at radius 1 is 1.57 bits per heavy atom. The van der Waals surface area contributed by atoms with E-state index in [0.29, 0.717) is 12.2 Å². The maximum Gasteiger partial charge on any atom is 0.288 e. The highest BCUT2D eigenvalue weighted by Gasteiger charge is 2.21. The second-order valence-corrected chi connectivity index (χ2v) is 4.56. The minimum Gasteiger partial charge on any atom is -0.347 e. The summed E-state index contributed by atoms with van der Waals surface area (Å²) >= 11 is 5.83. The number of aromatic nitrogens is 3. The molecule has 1 atom stereocenters. The van der Waals surface area contributed by atoms with Gasteiger partial charge in [0.05, 0.1) is 16.5 Å². The summed E-state index contributed by atoms with van der Waals surface area (Å²) < 4.78 is 0. The Labute approximate surface area is 124 Å². The third-order valence-corrected chi connectivity index (χ3v) is 3.14. The highest BCUT2D eigenvalue weighted by Crippen LogP contribution is 2.20. The van der Waals surface area contributed by atoms with E-state index in [9.17, 15) is 14.9 Å². The Bertz CT molecular complexity index is 659. The lowest BCUT2D eigenvalue weighted by Crippen LogP contribution is -2.29. The van der Waals surface area contributed by atoms with Gasteiger partial charge in [-0.15, -0.1) is 0 Å². The number of amides is 1. The van der Waals surface area contributed by atoms with Crippen LogP contribution in [0.2, 0.25) is 5.15 Å². The highest BCUT2D eigenvalue weighted by atomic mass is 35.5. The van der Waals surface area contributed by atoms with Crippen molar-refractivity contribution in [3.63, 3.8) is 0 Å². The van der Waals surface area contributed by atoms with Crippen LogP contribution in [0.1, 0.15) is 35.6 Å². The molecule has 2 N–H and O–H groups in total. The first kappa shape index (κ1) is 14.9. The molecule has 0 spiro atoms. The Kier molecular flexibility index (Phi) is 4.49. The van der Waals surface area contributed by atoms with E-state index in [4.69, 9.17) is 11.6 Å². The van der Waals surface area contributed by atoms with Crippen LogP contribution in [0, 0.1) is 10.1 Å². The third kappa shape index (κ3) is 3.34. The Balaban J connectivity index is 2.23. The monoisotopic (exact) mass is 309 g/mol. The van der Waals surface area contributed by atoms with Gasteiger partial charge >= 0.3 is 0 Å². The van der Waals surface area contributed by atoms with Crippen LogP contribution in [0.5, 0.6) is 0 Å². The lowest BCUT2D eigenvalue weighted by Gasteiger charge is -2.14. The molecule has 1 amide bonds. The Morgan fingerprint density at radius 2 is 2.33 bits per heavy atom. The van der Waals surface area contributed by atoms with Crippen molar-refractivity contribution in [1.29, 1.82) is 0 Å². The zero-order valence-corrected chi connectivity index (χ0v) is 11.8. The molecule has 1 unspecified atom stereocenters. The molecule has 8 nitrogen and oxygen atoms in total. The quantitative estimate of drug-likeness (QED) is 0.499. The number of pyridine rings is 1. The van der Waals surface area contributed by atoms with Gasteiger partial charge in [-0.1, -0.05) is 18.5 Å². The molecular formula is C12H12ClN5O3. The van der Waals surface area contributed by atoms with E-state index in [1.807, 2.05) is 6.92 Å². The maximum absolute atomic E-state index is 12.2. The van der Waals surface area contributed by atoms with Crippen molar-refractivity contribution in [1.82, 2.24) is 20.3 Å². The highest BCUT2D eigenvalue weighted by molar-refractivity contribution is 6.32. The average molecular weight is 310 g/mol. The first-order valence-electron chi connectivity index (χ1n) is 6.13. The number of H-pyrrole nitrogens is 1. The van der Waals surface area contributed by atoms with Crippen LogP contribution in [0.25, 0.3) is 0 Å². The smallest absolute Gasteiger partial charge is 0.288 e. The largest absolute Gasteiger partial charge is 0.347 e. The molecule has 2 aromatic rings. The molecule has 2 heterocycles. The zero-order chi connectivity index (χ0) is 15.4. The number of nitrogens with zero attached hydrogens (tertiary/aromatic N) is 3. The minimum atomic E-state index is -0.635. The summed E-state index contributed by atoms with van der Waals surface area (Å²) in [5.74, 6) is 0.0554. The van der Waals surface area contributed by atoms with E-state index in [-0.39, 0.29) is 22.4 Å². The third-order valence-electron chi connectivity index (χ3n) is 2.84. The van der Waals surface area contributed by atoms with E-state index < -0.39 is 10.8 Å². The lowest BCUT2D eigenvalue weighted by molar-refractivity contribution is -0.385. The molecule has 0 aromatic carbocycles. The average Bonchev–Trinajstić information content (AvgIpc) is 2.98. The van der Waals surface area contributed by atoms with Crippen molar-refractivity contribution in [2.75, 3.05) is 0 Å². The van der Waals surface area contributed by atoms with E-state index in [0.717, 1.165) is 12.3 Å². The van der Waals surface area contributed by atoms with Gasteiger partial charge in [-0.05, 0) is 6.42 Å². The molecular weight excluding hydrogens is 298 g/mol. The maximum atomic E-state index is 12.2. The molecule has 0 aliphatic rings. The van der Waals surface area contributed by atoms with Crippen molar-refractivity contribution in [2.45, 2.75) is 19.4 Å². The van der Waals surface area contributed by atoms with Crippen LogP contribution < -0.4 is 5.32 Å².